The Kier molecular flexibility index (Phi) is 5.86. The fraction of sp³-hybridized carbons (Fsp3) is 0.652. The predicted molar refractivity (Wildman–Crippen MR) is 118 cm³/mol. The average Bonchev–Trinajstić information content (AvgIpc) is 3.32. The highest BCUT2D eigenvalue weighted by atomic mass is 16.5. The number of aryl methyl sites for hydroxylation is 1. The summed E-state index contributed by atoms with van der Waals surface area (Å²) in [6.45, 7) is 3.22. The quantitative estimate of drug-likeness (QED) is 0.758. The summed E-state index contributed by atoms with van der Waals surface area (Å²) in [5.41, 5.74) is 0.930. The van der Waals surface area contributed by atoms with Crippen LogP contribution in [0.2, 0.25) is 0 Å². The minimum Gasteiger partial charge on any atom is -0.376 e. The smallest absolute Gasteiger partial charge is 0.246 e. The van der Waals surface area contributed by atoms with Gasteiger partial charge in [-0.05, 0) is 60.9 Å². The van der Waals surface area contributed by atoms with Gasteiger partial charge in [-0.2, -0.15) is 0 Å². The highest BCUT2D eigenvalue weighted by molar-refractivity contribution is 5.79. The first-order chi connectivity index (χ1) is 15.6. The summed E-state index contributed by atoms with van der Waals surface area (Å²) in [6, 6.07) is 10.8. The molecule has 1 aliphatic carbocycles. The number of nitrogens with one attached hydrogen (secondary N) is 1. The van der Waals surface area contributed by atoms with Crippen molar-refractivity contribution in [3.8, 4) is 0 Å². The lowest BCUT2D eigenvalue weighted by molar-refractivity contribution is -0.136. The number of benzene rings is 1. The maximum absolute atomic E-state index is 12.3. The molecular weight excluding hydrogens is 408 g/mol. The summed E-state index contributed by atoms with van der Waals surface area (Å²) < 4.78 is 13.9. The van der Waals surface area contributed by atoms with Crippen molar-refractivity contribution in [2.45, 2.75) is 68.7 Å². The largest absolute Gasteiger partial charge is 0.376 e. The van der Waals surface area contributed by atoms with Crippen molar-refractivity contribution >= 4 is 11.9 Å². The molecule has 0 radical (unpaired) electrons. The van der Waals surface area contributed by atoms with Crippen LogP contribution in [0.4, 0.5) is 5.95 Å². The van der Waals surface area contributed by atoms with E-state index in [2.05, 4.69) is 63.0 Å². The van der Waals surface area contributed by atoms with Crippen LogP contribution in [0.5, 0.6) is 0 Å². The summed E-state index contributed by atoms with van der Waals surface area (Å²) >= 11 is 0. The van der Waals surface area contributed by atoms with Crippen molar-refractivity contribution in [1.82, 2.24) is 25.5 Å². The molecule has 1 amide bonds. The van der Waals surface area contributed by atoms with Gasteiger partial charge in [-0.15, -0.1) is 0 Å². The highest BCUT2D eigenvalue weighted by Gasteiger charge is 2.55. The second kappa shape index (κ2) is 8.78. The fourth-order valence-electron chi connectivity index (χ4n) is 5.84. The van der Waals surface area contributed by atoms with Crippen molar-refractivity contribution in [3.63, 3.8) is 0 Å². The summed E-state index contributed by atoms with van der Waals surface area (Å²) in [7, 11) is 1.84. The van der Waals surface area contributed by atoms with E-state index < -0.39 is 5.54 Å². The minimum atomic E-state index is -0.498. The van der Waals surface area contributed by atoms with Crippen LogP contribution in [0.3, 0.4) is 0 Å². The van der Waals surface area contributed by atoms with E-state index in [0.717, 1.165) is 32.1 Å². The number of tetrazole rings is 1. The number of nitrogens with zero attached hydrogens (tertiary/aromatic N) is 5. The van der Waals surface area contributed by atoms with Gasteiger partial charge in [0, 0.05) is 13.1 Å². The SMILES string of the molecule is CC1CC2(COCC(=O)N2)C(COC2CCC(c3ccccc3)CC2)N1c1nnnn1C. The first-order valence-corrected chi connectivity index (χ1v) is 11.6. The number of carbonyl (C=O) groups excluding carboxylic acids is 1. The minimum absolute atomic E-state index is 0.0743. The van der Waals surface area contributed by atoms with E-state index in [1.54, 1.807) is 4.68 Å². The Labute approximate surface area is 188 Å². The molecule has 9 heteroatoms. The third kappa shape index (κ3) is 3.99. The number of aromatic nitrogens is 4. The van der Waals surface area contributed by atoms with E-state index in [1.807, 2.05) is 7.05 Å². The summed E-state index contributed by atoms with van der Waals surface area (Å²) in [5.74, 6) is 1.23. The zero-order valence-electron chi connectivity index (χ0n) is 18.8. The van der Waals surface area contributed by atoms with Crippen LogP contribution < -0.4 is 10.2 Å². The lowest BCUT2D eigenvalue weighted by Crippen LogP contribution is -2.65. The molecule has 1 saturated carbocycles. The average molecular weight is 441 g/mol. The van der Waals surface area contributed by atoms with Crippen LogP contribution in [0, 0.1) is 0 Å². The molecule has 1 aromatic heterocycles. The van der Waals surface area contributed by atoms with Crippen molar-refractivity contribution in [3.05, 3.63) is 35.9 Å². The summed E-state index contributed by atoms with van der Waals surface area (Å²) in [6.07, 6.45) is 5.35. The van der Waals surface area contributed by atoms with Gasteiger partial charge in [-0.3, -0.25) is 4.79 Å². The first-order valence-electron chi connectivity index (χ1n) is 11.6. The van der Waals surface area contributed by atoms with Gasteiger partial charge in [-0.25, -0.2) is 4.68 Å². The van der Waals surface area contributed by atoms with Crippen molar-refractivity contribution in [2.75, 3.05) is 24.7 Å². The lowest BCUT2D eigenvalue weighted by atomic mass is 9.82. The van der Waals surface area contributed by atoms with Crippen molar-refractivity contribution in [1.29, 1.82) is 0 Å². The molecule has 1 spiro atoms. The van der Waals surface area contributed by atoms with Gasteiger partial charge < -0.3 is 19.7 Å². The van der Waals surface area contributed by atoms with Gasteiger partial charge >= 0.3 is 0 Å². The molecule has 3 atom stereocenters. The molecule has 3 heterocycles. The topological polar surface area (TPSA) is 94.4 Å². The van der Waals surface area contributed by atoms with Crippen LogP contribution in [-0.4, -0.2) is 69.7 Å². The van der Waals surface area contributed by atoms with E-state index in [4.69, 9.17) is 9.47 Å². The molecular formula is C23H32N6O3. The maximum Gasteiger partial charge on any atom is 0.246 e. The van der Waals surface area contributed by atoms with Gasteiger partial charge in [0.05, 0.1) is 30.9 Å². The fourth-order valence-corrected chi connectivity index (χ4v) is 5.84. The first kappa shape index (κ1) is 21.3. The number of anilines is 1. The molecule has 9 nitrogen and oxygen atoms in total. The highest BCUT2D eigenvalue weighted by Crippen LogP contribution is 2.39. The number of amides is 1. The summed E-state index contributed by atoms with van der Waals surface area (Å²) in [4.78, 5) is 14.5. The molecule has 1 aromatic carbocycles. The Morgan fingerprint density at radius 1 is 1.22 bits per heavy atom. The molecule has 2 aliphatic heterocycles. The van der Waals surface area contributed by atoms with Crippen LogP contribution in [0.25, 0.3) is 0 Å². The number of rotatable bonds is 5. The van der Waals surface area contributed by atoms with Crippen LogP contribution in [0.15, 0.2) is 30.3 Å². The monoisotopic (exact) mass is 440 g/mol. The Morgan fingerprint density at radius 3 is 2.69 bits per heavy atom. The Bertz CT molecular complexity index is 929. The second-order valence-electron chi connectivity index (χ2n) is 9.49. The van der Waals surface area contributed by atoms with E-state index in [0.29, 0.717) is 25.1 Å². The molecule has 3 fully saturated rings. The zero-order valence-corrected chi connectivity index (χ0v) is 18.8. The van der Waals surface area contributed by atoms with Crippen molar-refractivity contribution in [2.24, 2.45) is 7.05 Å². The van der Waals surface area contributed by atoms with Crippen molar-refractivity contribution < 1.29 is 14.3 Å². The molecule has 2 saturated heterocycles. The normalized spacial score (nSPS) is 32.9. The van der Waals surface area contributed by atoms with Crippen LogP contribution >= 0.6 is 0 Å². The number of morpholine rings is 1. The molecule has 2 aromatic rings. The molecule has 5 rings (SSSR count). The van der Waals surface area contributed by atoms with Gasteiger partial charge in [-0.1, -0.05) is 35.4 Å². The summed E-state index contributed by atoms with van der Waals surface area (Å²) in [5, 5.41) is 15.3. The van der Waals surface area contributed by atoms with E-state index in [1.165, 1.54) is 5.56 Å². The number of ether oxygens (including phenoxy) is 2. The Hall–Kier alpha value is -2.52. The van der Waals surface area contributed by atoms with E-state index in [9.17, 15) is 4.79 Å². The maximum atomic E-state index is 12.3. The van der Waals surface area contributed by atoms with Gasteiger partial charge in [0.2, 0.25) is 11.9 Å². The molecule has 32 heavy (non-hydrogen) atoms. The zero-order chi connectivity index (χ0) is 22.1. The molecule has 3 unspecified atom stereocenters. The third-order valence-corrected chi connectivity index (χ3v) is 7.35. The van der Waals surface area contributed by atoms with E-state index >= 15 is 0 Å². The van der Waals surface area contributed by atoms with Gasteiger partial charge in [0.1, 0.15) is 6.61 Å². The molecule has 3 aliphatic rings. The number of hydrogen-bond acceptors (Lipinski definition) is 7. The molecule has 172 valence electrons. The molecule has 1 N–H and O–H groups in total. The van der Waals surface area contributed by atoms with E-state index in [-0.39, 0.29) is 30.7 Å². The third-order valence-electron chi connectivity index (χ3n) is 7.35. The Balaban J connectivity index is 1.29. The standard InChI is InChI=1S/C23H32N6O3/c1-16-12-23(15-31-14-21(30)24-23)20(29(16)22-25-26-27-28(22)2)13-32-19-10-8-18(9-11-19)17-6-4-3-5-7-17/h3-7,16,18-20H,8-15H2,1-2H3,(H,24,30). The van der Waals surface area contributed by atoms with Crippen LogP contribution in [0.1, 0.15) is 50.5 Å². The predicted octanol–water partition coefficient (Wildman–Crippen LogP) is 1.81. The Morgan fingerprint density at radius 2 is 2.00 bits per heavy atom. The van der Waals surface area contributed by atoms with Gasteiger partial charge in [0.15, 0.2) is 0 Å². The number of carbonyl (C=O) groups is 1. The molecule has 0 bridgehead atoms. The van der Waals surface area contributed by atoms with Crippen LogP contribution in [-0.2, 0) is 21.3 Å². The lowest BCUT2D eigenvalue weighted by Gasteiger charge is -2.41. The van der Waals surface area contributed by atoms with Gasteiger partial charge in [0.25, 0.3) is 0 Å². The number of hydrogen-bond donors (Lipinski definition) is 1. The second-order valence-corrected chi connectivity index (χ2v) is 9.49.